The van der Waals surface area contributed by atoms with Crippen LogP contribution in [-0.2, 0) is 13.8 Å². The normalized spacial score (nSPS) is 12.1. The highest BCUT2D eigenvalue weighted by molar-refractivity contribution is 8.45. The van der Waals surface area contributed by atoms with Gasteiger partial charge in [0.15, 0.2) is 13.5 Å². The predicted molar refractivity (Wildman–Crippen MR) is 64.8 cm³/mol. The Labute approximate surface area is 105 Å². The molecule has 0 heterocycles. The average molecular weight is 286 g/mol. The van der Waals surface area contributed by atoms with Crippen LogP contribution in [0.15, 0.2) is 0 Å². The minimum absolute atomic E-state index is 0.0557. The third kappa shape index (κ3) is 5.19. The molecule has 0 aliphatic rings. The molecule has 0 rings (SSSR count). The van der Waals surface area contributed by atoms with Crippen LogP contribution in [0.3, 0.4) is 0 Å². The van der Waals surface area contributed by atoms with Gasteiger partial charge in [-0.3, -0.25) is 9.59 Å². The van der Waals surface area contributed by atoms with Crippen LogP contribution in [0.2, 0.25) is 0 Å². The Morgan fingerprint density at radius 2 is 1.94 bits per heavy atom. The summed E-state index contributed by atoms with van der Waals surface area (Å²) in [6.07, 6.45) is 1.12. The van der Waals surface area contributed by atoms with Gasteiger partial charge in [-0.05, 0) is 12.8 Å². The summed E-state index contributed by atoms with van der Waals surface area (Å²) in [5, 5.41) is 18.1. The minimum atomic E-state index is -1.82. The molecule has 100 valence electrons. The van der Waals surface area contributed by atoms with Crippen LogP contribution in [0.1, 0.15) is 32.6 Å². The van der Waals surface area contributed by atoms with E-state index >= 15 is 0 Å². The van der Waals surface area contributed by atoms with Gasteiger partial charge in [-0.1, -0.05) is 19.8 Å². The van der Waals surface area contributed by atoms with Crippen LogP contribution in [0.4, 0.5) is 4.20 Å². The molecule has 0 saturated carbocycles. The molecule has 5 nitrogen and oxygen atoms in total. The Bertz CT molecular complexity index is 250. The Morgan fingerprint density at radius 1 is 1.35 bits per heavy atom. The van der Waals surface area contributed by atoms with Crippen molar-refractivity contribution < 1.29 is 28.2 Å². The summed E-state index contributed by atoms with van der Waals surface area (Å²) in [4.78, 5) is 22.2. The summed E-state index contributed by atoms with van der Waals surface area (Å²) < 4.78 is 16.5. The molecule has 0 aromatic heterocycles. The van der Waals surface area contributed by atoms with Gasteiger partial charge in [0.1, 0.15) is 0 Å². The van der Waals surface area contributed by atoms with E-state index < -0.39 is 25.4 Å². The third-order valence-electron chi connectivity index (χ3n) is 2.48. The van der Waals surface area contributed by atoms with Gasteiger partial charge in [-0.15, -0.1) is 0 Å². The zero-order valence-electron chi connectivity index (χ0n) is 9.44. The quantitative estimate of drug-likeness (QED) is 0.278. The smallest absolute Gasteiger partial charge is 0.321 e. The van der Waals surface area contributed by atoms with Crippen LogP contribution in [0.5, 0.6) is 0 Å². The Morgan fingerprint density at radius 3 is 2.35 bits per heavy atom. The van der Waals surface area contributed by atoms with E-state index in [1.807, 2.05) is 6.92 Å². The minimum Gasteiger partial charge on any atom is -0.480 e. The number of halogens is 1. The first-order chi connectivity index (χ1) is 8.01. The molecule has 2 N–H and O–H groups in total. The van der Waals surface area contributed by atoms with E-state index in [0.29, 0.717) is 24.5 Å². The van der Waals surface area contributed by atoms with Crippen LogP contribution < -0.4 is 0 Å². The van der Waals surface area contributed by atoms with Crippen LogP contribution in [-0.4, -0.2) is 28.8 Å². The molecule has 0 spiro atoms. The van der Waals surface area contributed by atoms with Crippen LogP contribution >= 0.6 is 19.8 Å². The van der Waals surface area contributed by atoms with E-state index in [0.717, 1.165) is 0 Å². The summed E-state index contributed by atoms with van der Waals surface area (Å²) in [6.45, 7) is 1.76. The first kappa shape index (κ1) is 16.6. The lowest BCUT2D eigenvalue weighted by molar-refractivity contribution is -0.166. The van der Waals surface area contributed by atoms with Gasteiger partial charge in [0.2, 0.25) is 0 Å². The standard InChI is InChI=1S/C9H16FO5PS/c1-2-3-4-9(7(11)12,8(13)14)5-6-15-17-16-10/h16H,2-6H2,1H3,(H,11,12)(H,13,14). The molecule has 1 atom stereocenters. The molecule has 0 saturated heterocycles. The monoisotopic (exact) mass is 286 g/mol. The molecule has 0 aromatic carbocycles. The van der Waals surface area contributed by atoms with E-state index in [2.05, 4.69) is 0 Å². The van der Waals surface area contributed by atoms with E-state index in [1.165, 1.54) is 0 Å². The molecule has 0 aromatic rings. The SMILES string of the molecule is CCCCC(CCOSPF)(C(=O)O)C(=O)O. The number of carboxylic acids is 2. The molecule has 0 aliphatic heterocycles. The second-order valence-electron chi connectivity index (χ2n) is 3.53. The Kier molecular flexibility index (Phi) is 8.47. The Balaban J connectivity index is 4.56. The van der Waals surface area contributed by atoms with Crippen molar-refractivity contribution in [3.8, 4) is 0 Å². The second kappa shape index (κ2) is 8.66. The zero-order chi connectivity index (χ0) is 13.3. The highest BCUT2D eigenvalue weighted by atomic mass is 32.7. The molecule has 0 amide bonds. The average Bonchev–Trinajstić information content (AvgIpc) is 2.27. The fourth-order valence-corrected chi connectivity index (χ4v) is 2.00. The predicted octanol–water partition coefficient (Wildman–Crippen LogP) is 2.87. The summed E-state index contributed by atoms with van der Waals surface area (Å²) in [5.41, 5.74) is -1.82. The number of unbranched alkanes of at least 4 members (excludes halogenated alkanes) is 1. The molecule has 0 aliphatic carbocycles. The first-order valence-corrected chi connectivity index (χ1v) is 7.46. The summed E-state index contributed by atoms with van der Waals surface area (Å²) in [6, 6.07) is 0. The highest BCUT2D eigenvalue weighted by Gasteiger charge is 2.45. The summed E-state index contributed by atoms with van der Waals surface area (Å²) >= 11 is 0.571. The molecule has 0 bridgehead atoms. The molecule has 1 unspecified atom stereocenters. The van der Waals surface area contributed by atoms with Crippen molar-refractivity contribution in [1.82, 2.24) is 0 Å². The highest BCUT2D eigenvalue weighted by Crippen LogP contribution is 2.34. The zero-order valence-corrected chi connectivity index (χ0v) is 11.3. The van der Waals surface area contributed by atoms with Gasteiger partial charge in [0, 0.05) is 0 Å². The molecule has 17 heavy (non-hydrogen) atoms. The summed E-state index contributed by atoms with van der Waals surface area (Å²) in [7, 11) is -0.959. The van der Waals surface area contributed by atoms with E-state index in [9.17, 15) is 13.8 Å². The molecule has 8 heteroatoms. The van der Waals surface area contributed by atoms with Gasteiger partial charge in [0.25, 0.3) is 0 Å². The molecule has 0 radical (unpaired) electrons. The van der Waals surface area contributed by atoms with Gasteiger partial charge in [0.05, 0.1) is 18.3 Å². The van der Waals surface area contributed by atoms with Crippen molar-refractivity contribution in [2.24, 2.45) is 5.41 Å². The lowest BCUT2D eigenvalue weighted by atomic mass is 9.80. The maximum atomic E-state index is 11.8. The van der Waals surface area contributed by atoms with Gasteiger partial charge in [-0.2, -0.15) is 0 Å². The molecular weight excluding hydrogens is 270 g/mol. The van der Waals surface area contributed by atoms with Crippen molar-refractivity contribution in [1.29, 1.82) is 0 Å². The lowest BCUT2D eigenvalue weighted by Gasteiger charge is -2.24. The number of hydrogen-bond acceptors (Lipinski definition) is 4. The van der Waals surface area contributed by atoms with Crippen LogP contribution in [0.25, 0.3) is 0 Å². The van der Waals surface area contributed by atoms with Gasteiger partial charge < -0.3 is 14.4 Å². The van der Waals surface area contributed by atoms with Gasteiger partial charge in [-0.25, -0.2) is 4.20 Å². The van der Waals surface area contributed by atoms with Crippen molar-refractivity contribution in [3.63, 3.8) is 0 Å². The number of rotatable bonds is 10. The van der Waals surface area contributed by atoms with Crippen molar-refractivity contribution in [3.05, 3.63) is 0 Å². The topological polar surface area (TPSA) is 83.8 Å². The number of aliphatic carboxylic acids is 2. The number of carboxylic acid groups (broad SMARTS) is 2. The fraction of sp³-hybridized carbons (Fsp3) is 0.778. The van der Waals surface area contributed by atoms with E-state index in [4.69, 9.17) is 14.4 Å². The maximum absolute atomic E-state index is 11.8. The van der Waals surface area contributed by atoms with Gasteiger partial charge >= 0.3 is 11.9 Å². The first-order valence-electron chi connectivity index (χ1n) is 5.12. The largest absolute Gasteiger partial charge is 0.480 e. The Hall–Kier alpha value is -0.390. The number of carbonyl (C=O) groups is 2. The second-order valence-corrected chi connectivity index (χ2v) is 5.05. The van der Waals surface area contributed by atoms with Crippen molar-refractivity contribution in [2.75, 3.05) is 6.61 Å². The maximum Gasteiger partial charge on any atom is 0.321 e. The fourth-order valence-electron chi connectivity index (χ4n) is 1.40. The number of hydrogen-bond donors (Lipinski definition) is 2. The summed E-state index contributed by atoms with van der Waals surface area (Å²) in [5.74, 6) is -2.73. The van der Waals surface area contributed by atoms with Crippen LogP contribution in [0, 0.1) is 5.41 Å². The molecule has 0 fully saturated rings. The van der Waals surface area contributed by atoms with Crippen molar-refractivity contribution >= 4 is 31.7 Å². The lowest BCUT2D eigenvalue weighted by Crippen LogP contribution is -2.40. The third-order valence-corrected chi connectivity index (χ3v) is 3.37. The van der Waals surface area contributed by atoms with E-state index in [1.54, 1.807) is 0 Å². The van der Waals surface area contributed by atoms with Crippen molar-refractivity contribution in [2.45, 2.75) is 32.6 Å². The van der Waals surface area contributed by atoms with E-state index in [-0.39, 0.29) is 19.4 Å². The molecular formula is C9H16FO5PS.